The van der Waals surface area contributed by atoms with Gasteiger partial charge in [0.25, 0.3) is 5.89 Å². The summed E-state index contributed by atoms with van der Waals surface area (Å²) >= 11 is 1.37. The van der Waals surface area contributed by atoms with Crippen LogP contribution < -0.4 is 0 Å². The average Bonchev–Trinajstić information content (AvgIpc) is 3.09. The van der Waals surface area contributed by atoms with Crippen molar-refractivity contribution in [3.05, 3.63) is 51.5 Å². The zero-order chi connectivity index (χ0) is 18.2. The molecule has 0 aliphatic rings. The van der Waals surface area contributed by atoms with E-state index in [1.807, 2.05) is 45.2 Å². The first kappa shape index (κ1) is 17.4. The van der Waals surface area contributed by atoms with Crippen molar-refractivity contribution in [2.45, 2.75) is 39.7 Å². The first-order chi connectivity index (χ1) is 11.7. The van der Waals surface area contributed by atoms with E-state index in [4.69, 9.17) is 9.15 Å². The summed E-state index contributed by atoms with van der Waals surface area (Å²) < 4.78 is 11.0. The summed E-state index contributed by atoms with van der Waals surface area (Å²) in [7, 11) is 0. The van der Waals surface area contributed by atoms with Crippen LogP contribution in [0.15, 0.2) is 34.1 Å². The quantitative estimate of drug-likeness (QED) is 0.505. The molecule has 0 saturated carbocycles. The Bertz CT molecular complexity index is 913. The Morgan fingerprint density at radius 3 is 2.64 bits per heavy atom. The molecule has 0 saturated heterocycles. The number of oxazole rings is 1. The van der Waals surface area contributed by atoms with Crippen LogP contribution >= 0.6 is 11.3 Å². The fourth-order valence-electron chi connectivity index (χ4n) is 2.44. The zero-order valence-corrected chi connectivity index (χ0v) is 15.4. The molecule has 130 valence electrons. The monoisotopic (exact) mass is 357 g/mol. The number of benzene rings is 1. The molecule has 0 N–H and O–H groups in total. The molecule has 0 fully saturated rings. The van der Waals surface area contributed by atoms with Crippen LogP contribution in [-0.2, 0) is 11.2 Å². The van der Waals surface area contributed by atoms with Gasteiger partial charge in [-0.15, -0.1) is 11.3 Å². The third kappa shape index (κ3) is 3.79. The van der Waals surface area contributed by atoms with Gasteiger partial charge < -0.3 is 9.15 Å². The highest BCUT2D eigenvalue weighted by Gasteiger charge is 2.25. The summed E-state index contributed by atoms with van der Waals surface area (Å²) in [5.74, 6) is -0.614. The average molecular weight is 357 g/mol. The van der Waals surface area contributed by atoms with E-state index in [-0.39, 0.29) is 18.1 Å². The van der Waals surface area contributed by atoms with Gasteiger partial charge in [0, 0.05) is 4.88 Å². The molecule has 0 radical (unpaired) electrons. The molecule has 0 amide bonds. The lowest BCUT2D eigenvalue weighted by atomic mass is 10.1. The molecule has 0 aliphatic carbocycles. The predicted octanol–water partition coefficient (Wildman–Crippen LogP) is 4.58. The molecule has 0 unspecified atom stereocenters. The van der Waals surface area contributed by atoms with Crippen molar-refractivity contribution >= 4 is 34.2 Å². The number of fused-ring (bicyclic) bond motifs is 1. The van der Waals surface area contributed by atoms with Gasteiger partial charge in [0.1, 0.15) is 11.1 Å². The van der Waals surface area contributed by atoms with Crippen molar-refractivity contribution in [2.24, 2.45) is 0 Å². The number of hydrogen-bond donors (Lipinski definition) is 0. The number of carbonyl (C=O) groups is 2. The minimum absolute atomic E-state index is 0.0555. The van der Waals surface area contributed by atoms with Gasteiger partial charge in [-0.2, -0.15) is 0 Å². The molecule has 6 heteroatoms. The number of hydrogen-bond acceptors (Lipinski definition) is 6. The Hall–Kier alpha value is -2.47. The number of ketones is 1. The Kier molecular flexibility index (Phi) is 4.47. The van der Waals surface area contributed by atoms with E-state index in [1.165, 1.54) is 11.3 Å². The summed E-state index contributed by atoms with van der Waals surface area (Å²) in [5.41, 5.74) is 1.89. The maximum absolute atomic E-state index is 12.6. The van der Waals surface area contributed by atoms with Crippen LogP contribution in [0.4, 0.5) is 0 Å². The number of ether oxygens (including phenoxy) is 1. The van der Waals surface area contributed by atoms with Crippen molar-refractivity contribution in [3.63, 3.8) is 0 Å². The lowest BCUT2D eigenvalue weighted by Gasteiger charge is -2.20. The lowest BCUT2D eigenvalue weighted by molar-refractivity contribution is 0.00685. The molecule has 0 aliphatic heterocycles. The molecule has 5 nitrogen and oxygen atoms in total. The van der Waals surface area contributed by atoms with Crippen LogP contribution in [0.1, 0.15) is 52.3 Å². The maximum atomic E-state index is 12.6. The van der Waals surface area contributed by atoms with E-state index >= 15 is 0 Å². The Morgan fingerprint density at radius 1 is 1.24 bits per heavy atom. The van der Waals surface area contributed by atoms with Crippen LogP contribution in [0.5, 0.6) is 0 Å². The second kappa shape index (κ2) is 6.44. The first-order valence-corrected chi connectivity index (χ1v) is 8.81. The predicted molar refractivity (Wildman–Crippen MR) is 96.3 cm³/mol. The summed E-state index contributed by atoms with van der Waals surface area (Å²) in [6.07, 6.45) is 0.0555. The fourth-order valence-corrected chi connectivity index (χ4v) is 3.46. The number of carbonyl (C=O) groups excluding carboxylic acids is 2. The van der Waals surface area contributed by atoms with Gasteiger partial charge >= 0.3 is 5.97 Å². The molecule has 25 heavy (non-hydrogen) atoms. The number of aromatic nitrogens is 1. The van der Waals surface area contributed by atoms with E-state index < -0.39 is 11.6 Å². The Morgan fingerprint density at radius 2 is 1.96 bits per heavy atom. The highest BCUT2D eigenvalue weighted by molar-refractivity contribution is 7.10. The first-order valence-electron chi connectivity index (χ1n) is 7.93. The molecule has 0 bridgehead atoms. The second-order valence-corrected chi connectivity index (χ2v) is 7.77. The van der Waals surface area contributed by atoms with Gasteiger partial charge in [0.2, 0.25) is 5.78 Å². The van der Waals surface area contributed by atoms with Crippen LogP contribution in [0.25, 0.3) is 11.1 Å². The van der Waals surface area contributed by atoms with Gasteiger partial charge in [-0.05, 0) is 50.8 Å². The highest BCUT2D eigenvalue weighted by atomic mass is 32.1. The number of rotatable bonds is 4. The fraction of sp³-hybridized carbons (Fsp3) is 0.316. The number of esters is 1. The summed E-state index contributed by atoms with van der Waals surface area (Å²) in [6, 6.07) is 7.21. The molecule has 2 aromatic heterocycles. The van der Waals surface area contributed by atoms with Crippen molar-refractivity contribution in [3.8, 4) is 0 Å². The maximum Gasteiger partial charge on any atom is 0.340 e. The van der Waals surface area contributed by atoms with Gasteiger partial charge in [0.15, 0.2) is 5.58 Å². The van der Waals surface area contributed by atoms with Crippen molar-refractivity contribution in [1.82, 2.24) is 4.98 Å². The zero-order valence-electron chi connectivity index (χ0n) is 14.6. The van der Waals surface area contributed by atoms with Crippen molar-refractivity contribution < 1.29 is 18.7 Å². The minimum atomic E-state index is -0.590. The molecular weight excluding hydrogens is 338 g/mol. The van der Waals surface area contributed by atoms with Crippen LogP contribution in [0, 0.1) is 6.92 Å². The number of aryl methyl sites for hydroxylation is 1. The van der Waals surface area contributed by atoms with Gasteiger partial charge in [0.05, 0.1) is 12.0 Å². The topological polar surface area (TPSA) is 69.4 Å². The van der Waals surface area contributed by atoms with Crippen LogP contribution in [0.2, 0.25) is 0 Å². The Balaban J connectivity index is 1.85. The summed E-state index contributed by atoms with van der Waals surface area (Å²) in [5, 5.41) is 1.86. The number of para-hydroxylation sites is 2. The molecule has 0 spiro atoms. The van der Waals surface area contributed by atoms with Gasteiger partial charge in [-0.1, -0.05) is 12.1 Å². The largest absolute Gasteiger partial charge is 0.456 e. The van der Waals surface area contributed by atoms with Crippen molar-refractivity contribution in [1.29, 1.82) is 0 Å². The normalized spacial score (nSPS) is 11.7. The number of nitrogens with zero attached hydrogens (tertiary/aromatic N) is 1. The minimum Gasteiger partial charge on any atom is -0.456 e. The molecule has 2 heterocycles. The van der Waals surface area contributed by atoms with E-state index in [0.717, 1.165) is 5.56 Å². The third-order valence-corrected chi connectivity index (χ3v) is 4.61. The van der Waals surface area contributed by atoms with E-state index in [0.29, 0.717) is 21.5 Å². The SMILES string of the molecule is Cc1csc(CC(=O)c2nc3ccccc3o2)c1C(=O)OC(C)(C)C. The molecular formula is C19H19NO4S. The summed E-state index contributed by atoms with van der Waals surface area (Å²) in [4.78, 5) is 29.9. The van der Waals surface area contributed by atoms with E-state index in [2.05, 4.69) is 4.98 Å². The molecule has 3 aromatic rings. The summed E-state index contributed by atoms with van der Waals surface area (Å²) in [6.45, 7) is 7.28. The Labute approximate surface area is 149 Å². The van der Waals surface area contributed by atoms with Gasteiger partial charge in [-0.25, -0.2) is 9.78 Å². The lowest BCUT2D eigenvalue weighted by Crippen LogP contribution is -2.24. The van der Waals surface area contributed by atoms with Crippen LogP contribution in [0.3, 0.4) is 0 Å². The van der Waals surface area contributed by atoms with Crippen LogP contribution in [-0.4, -0.2) is 22.3 Å². The second-order valence-electron chi connectivity index (χ2n) is 6.81. The van der Waals surface area contributed by atoms with E-state index in [1.54, 1.807) is 12.1 Å². The number of Topliss-reactive ketones (excluding diaryl/α,β-unsaturated/α-hetero) is 1. The van der Waals surface area contributed by atoms with Gasteiger partial charge in [-0.3, -0.25) is 4.79 Å². The number of thiophene rings is 1. The third-order valence-electron chi connectivity index (χ3n) is 3.51. The molecule has 0 atom stereocenters. The smallest absolute Gasteiger partial charge is 0.340 e. The van der Waals surface area contributed by atoms with Crippen molar-refractivity contribution in [2.75, 3.05) is 0 Å². The van der Waals surface area contributed by atoms with E-state index in [9.17, 15) is 9.59 Å². The highest BCUT2D eigenvalue weighted by Crippen LogP contribution is 2.27. The molecule has 1 aromatic carbocycles. The molecule has 3 rings (SSSR count). The standard InChI is InChI=1S/C19H19NO4S/c1-11-10-25-15(16(11)18(22)24-19(2,3)4)9-13(21)17-20-12-7-5-6-8-14(12)23-17/h5-8,10H,9H2,1-4H3.